The second-order valence-electron chi connectivity index (χ2n) is 2.52. The first kappa shape index (κ1) is 10.4. The minimum absolute atomic E-state index is 0.00685. The summed E-state index contributed by atoms with van der Waals surface area (Å²) in [6.07, 6.45) is 0.616. The van der Waals surface area contributed by atoms with Gasteiger partial charge < -0.3 is 0 Å². The van der Waals surface area contributed by atoms with Gasteiger partial charge in [-0.15, -0.1) is 0 Å². The van der Waals surface area contributed by atoms with Gasteiger partial charge >= 0.3 is 0 Å². The average Bonchev–Trinajstić information content (AvgIpc) is 2.02. The van der Waals surface area contributed by atoms with Crippen LogP contribution in [-0.2, 0) is 6.42 Å². The first-order valence-electron chi connectivity index (χ1n) is 3.79. The Balaban J connectivity index is 3.38. The predicted octanol–water partition coefficient (Wildman–Crippen LogP) is 2.55. The molecule has 0 fully saturated rings. The Morgan fingerprint density at radius 1 is 1.38 bits per heavy atom. The minimum atomic E-state index is -0.150. The van der Waals surface area contributed by atoms with Crippen molar-refractivity contribution >= 4 is 29.0 Å². The summed E-state index contributed by atoms with van der Waals surface area (Å²) in [6.45, 7) is 3.30. The molecule has 0 spiro atoms. The number of rotatable bonds is 2. The maximum absolute atomic E-state index is 11.1. The lowest BCUT2D eigenvalue weighted by molar-refractivity contribution is 0.101. The van der Waals surface area contributed by atoms with Crippen molar-refractivity contribution in [1.29, 1.82) is 0 Å². The molecule has 1 aromatic rings. The summed E-state index contributed by atoms with van der Waals surface area (Å²) in [5, 5.41) is 0.264. The number of nitrogens with zero attached hydrogens (tertiary/aromatic N) is 2. The molecule has 0 unspecified atom stereocenters. The SMILES string of the molecule is CCc1c(Cl)nc(Cl)nc1C(C)=O. The number of Topliss-reactive ketones (excluding diaryl/α,β-unsaturated/α-hetero) is 1. The number of aromatic nitrogens is 2. The zero-order valence-corrected chi connectivity index (χ0v) is 8.78. The molecule has 1 aromatic heterocycles. The van der Waals surface area contributed by atoms with Gasteiger partial charge in [-0.3, -0.25) is 4.79 Å². The van der Waals surface area contributed by atoms with Crippen LogP contribution in [0.5, 0.6) is 0 Å². The fourth-order valence-corrected chi connectivity index (χ4v) is 1.55. The van der Waals surface area contributed by atoms with Gasteiger partial charge in [0, 0.05) is 12.5 Å². The second kappa shape index (κ2) is 4.03. The molecule has 0 bridgehead atoms. The third-order valence-corrected chi connectivity index (χ3v) is 2.10. The maximum atomic E-state index is 11.1. The van der Waals surface area contributed by atoms with Crippen molar-refractivity contribution < 1.29 is 4.79 Å². The van der Waals surface area contributed by atoms with Crippen LogP contribution >= 0.6 is 23.2 Å². The monoisotopic (exact) mass is 218 g/mol. The molecule has 3 nitrogen and oxygen atoms in total. The van der Waals surface area contributed by atoms with Crippen molar-refractivity contribution in [3.8, 4) is 0 Å². The summed E-state index contributed by atoms with van der Waals surface area (Å²) < 4.78 is 0. The summed E-state index contributed by atoms with van der Waals surface area (Å²) in [6, 6.07) is 0. The van der Waals surface area contributed by atoms with Gasteiger partial charge in [0.2, 0.25) is 5.28 Å². The van der Waals surface area contributed by atoms with Gasteiger partial charge in [0.1, 0.15) is 10.8 Å². The molecule has 13 heavy (non-hydrogen) atoms. The predicted molar refractivity (Wildman–Crippen MR) is 51.4 cm³/mol. The van der Waals surface area contributed by atoms with Crippen molar-refractivity contribution in [2.45, 2.75) is 20.3 Å². The van der Waals surface area contributed by atoms with Gasteiger partial charge in [-0.25, -0.2) is 9.97 Å². The first-order chi connectivity index (χ1) is 6.06. The summed E-state index contributed by atoms with van der Waals surface area (Å²) in [5.41, 5.74) is 0.964. The molecule has 0 amide bonds. The zero-order chi connectivity index (χ0) is 10.0. The molecule has 0 aliphatic heterocycles. The quantitative estimate of drug-likeness (QED) is 0.436. The molecule has 0 radical (unpaired) electrons. The number of hydrogen-bond donors (Lipinski definition) is 0. The topological polar surface area (TPSA) is 42.9 Å². The molecule has 5 heteroatoms. The summed E-state index contributed by atoms with van der Waals surface area (Å²) >= 11 is 11.4. The van der Waals surface area contributed by atoms with Crippen molar-refractivity contribution in [2.24, 2.45) is 0 Å². The number of hydrogen-bond acceptors (Lipinski definition) is 3. The normalized spacial score (nSPS) is 10.2. The van der Waals surface area contributed by atoms with Gasteiger partial charge in [-0.1, -0.05) is 18.5 Å². The van der Waals surface area contributed by atoms with Crippen LogP contribution in [0.15, 0.2) is 0 Å². The lowest BCUT2D eigenvalue weighted by Crippen LogP contribution is -2.05. The van der Waals surface area contributed by atoms with Crippen molar-refractivity contribution in [3.05, 3.63) is 21.7 Å². The maximum Gasteiger partial charge on any atom is 0.224 e. The van der Waals surface area contributed by atoms with Crippen molar-refractivity contribution in [2.75, 3.05) is 0 Å². The number of halogens is 2. The first-order valence-corrected chi connectivity index (χ1v) is 4.54. The fourth-order valence-electron chi connectivity index (χ4n) is 1.04. The summed E-state index contributed by atoms with van der Waals surface area (Å²) in [5.74, 6) is -0.150. The Kier molecular flexibility index (Phi) is 3.22. The van der Waals surface area contributed by atoms with E-state index in [2.05, 4.69) is 9.97 Å². The number of ketones is 1. The van der Waals surface area contributed by atoms with Crippen LogP contribution in [0.3, 0.4) is 0 Å². The van der Waals surface area contributed by atoms with Crippen LogP contribution in [0.2, 0.25) is 10.4 Å². The molecule has 0 atom stereocenters. The summed E-state index contributed by atoms with van der Waals surface area (Å²) in [7, 11) is 0. The van der Waals surface area contributed by atoms with Gasteiger partial charge in [0.05, 0.1) is 0 Å². The minimum Gasteiger partial charge on any atom is -0.293 e. The Bertz CT molecular complexity index is 352. The van der Waals surface area contributed by atoms with E-state index in [0.717, 1.165) is 0 Å². The lowest BCUT2D eigenvalue weighted by atomic mass is 10.1. The van der Waals surface area contributed by atoms with E-state index in [1.807, 2.05) is 6.92 Å². The molecular weight excluding hydrogens is 211 g/mol. The van der Waals surface area contributed by atoms with E-state index in [9.17, 15) is 4.79 Å². The fraction of sp³-hybridized carbons (Fsp3) is 0.375. The van der Waals surface area contributed by atoms with E-state index >= 15 is 0 Å². The standard InChI is InChI=1S/C8H8Cl2N2O/c1-3-5-6(4(2)13)11-8(10)12-7(5)9/h3H2,1-2H3. The van der Waals surface area contributed by atoms with Crippen LogP contribution in [0.4, 0.5) is 0 Å². The van der Waals surface area contributed by atoms with Crippen LogP contribution in [0.25, 0.3) is 0 Å². The Morgan fingerprint density at radius 2 is 2.00 bits per heavy atom. The molecule has 0 aliphatic carbocycles. The lowest BCUT2D eigenvalue weighted by Gasteiger charge is -2.04. The molecule has 1 rings (SSSR count). The molecular formula is C8H8Cl2N2O. The highest BCUT2D eigenvalue weighted by atomic mass is 35.5. The van der Waals surface area contributed by atoms with E-state index in [-0.39, 0.29) is 16.2 Å². The number of carbonyl (C=O) groups is 1. The van der Waals surface area contributed by atoms with Gasteiger partial charge in [-0.2, -0.15) is 0 Å². The highest BCUT2D eigenvalue weighted by Gasteiger charge is 2.13. The Labute approximate surface area is 86.1 Å². The van der Waals surface area contributed by atoms with E-state index in [1.165, 1.54) is 6.92 Å². The molecule has 0 aromatic carbocycles. The van der Waals surface area contributed by atoms with Crippen LogP contribution < -0.4 is 0 Å². The Morgan fingerprint density at radius 3 is 2.46 bits per heavy atom. The van der Waals surface area contributed by atoms with E-state index in [1.54, 1.807) is 0 Å². The van der Waals surface area contributed by atoms with Crippen molar-refractivity contribution in [3.63, 3.8) is 0 Å². The van der Waals surface area contributed by atoms with Crippen molar-refractivity contribution in [1.82, 2.24) is 9.97 Å². The van der Waals surface area contributed by atoms with E-state index in [0.29, 0.717) is 17.7 Å². The smallest absolute Gasteiger partial charge is 0.224 e. The molecule has 0 saturated heterocycles. The average molecular weight is 219 g/mol. The van der Waals surface area contributed by atoms with Gasteiger partial charge in [-0.05, 0) is 18.0 Å². The van der Waals surface area contributed by atoms with Gasteiger partial charge in [0.15, 0.2) is 5.78 Å². The molecule has 0 N–H and O–H groups in total. The highest BCUT2D eigenvalue weighted by Crippen LogP contribution is 2.19. The van der Waals surface area contributed by atoms with Gasteiger partial charge in [0.25, 0.3) is 0 Å². The molecule has 0 aliphatic rings. The third-order valence-electron chi connectivity index (χ3n) is 1.62. The van der Waals surface area contributed by atoms with Crippen LogP contribution in [0.1, 0.15) is 29.9 Å². The zero-order valence-electron chi connectivity index (χ0n) is 7.27. The Hall–Kier alpha value is -0.670. The largest absolute Gasteiger partial charge is 0.293 e. The van der Waals surface area contributed by atoms with Crippen LogP contribution in [0, 0.1) is 0 Å². The molecule has 1 heterocycles. The number of carbonyl (C=O) groups excluding carboxylic acids is 1. The highest BCUT2D eigenvalue weighted by molar-refractivity contribution is 6.32. The molecule has 0 saturated carbocycles. The third kappa shape index (κ3) is 2.17. The summed E-state index contributed by atoms with van der Waals surface area (Å²) in [4.78, 5) is 18.7. The van der Waals surface area contributed by atoms with E-state index in [4.69, 9.17) is 23.2 Å². The van der Waals surface area contributed by atoms with Crippen LogP contribution in [-0.4, -0.2) is 15.8 Å². The molecule has 70 valence electrons. The van der Waals surface area contributed by atoms with E-state index < -0.39 is 0 Å². The second-order valence-corrected chi connectivity index (χ2v) is 3.22.